The molecule has 0 atom stereocenters. The Morgan fingerprint density at radius 2 is 2.20 bits per heavy atom. The summed E-state index contributed by atoms with van der Waals surface area (Å²) in [6, 6.07) is 6.50. The zero-order chi connectivity index (χ0) is 14.4. The third-order valence-corrected chi connectivity index (χ3v) is 2.77. The molecule has 0 saturated carbocycles. The fourth-order valence-electron chi connectivity index (χ4n) is 1.54. The van der Waals surface area contributed by atoms with E-state index < -0.39 is 5.82 Å². The van der Waals surface area contributed by atoms with E-state index in [9.17, 15) is 4.39 Å². The van der Waals surface area contributed by atoms with Crippen LogP contribution in [0.4, 0.5) is 4.39 Å². The number of hydrogen-bond acceptors (Lipinski definition) is 3. The summed E-state index contributed by atoms with van der Waals surface area (Å²) in [6.45, 7) is 0.348. The first-order valence-corrected chi connectivity index (χ1v) is 6.28. The van der Waals surface area contributed by atoms with Crippen molar-refractivity contribution in [1.29, 1.82) is 0 Å². The molecule has 102 valence electrons. The molecule has 2 rings (SSSR count). The highest BCUT2D eigenvalue weighted by Crippen LogP contribution is 2.20. The number of benzene rings is 1. The quantitative estimate of drug-likeness (QED) is 0.884. The van der Waals surface area contributed by atoms with E-state index in [1.54, 1.807) is 24.4 Å². The maximum Gasteiger partial charge on any atom is 0.148 e. The molecule has 0 saturated heterocycles. The summed E-state index contributed by atoms with van der Waals surface area (Å²) < 4.78 is 19.2. The molecule has 1 heterocycles. The van der Waals surface area contributed by atoms with Gasteiger partial charge >= 0.3 is 0 Å². The summed E-state index contributed by atoms with van der Waals surface area (Å²) in [5.74, 6) is 5.61. The molecule has 3 nitrogen and oxygen atoms in total. The Bertz CT molecular complexity index is 664. The second kappa shape index (κ2) is 6.90. The Morgan fingerprint density at radius 3 is 3.00 bits per heavy atom. The monoisotopic (exact) mass is 290 g/mol. The Kier molecular flexibility index (Phi) is 4.94. The van der Waals surface area contributed by atoms with Gasteiger partial charge in [-0.2, -0.15) is 0 Å². The second-order valence-corrected chi connectivity index (χ2v) is 4.32. The molecule has 0 radical (unpaired) electrons. The molecular weight excluding hydrogens is 279 g/mol. The number of aromatic nitrogens is 1. The van der Waals surface area contributed by atoms with Gasteiger partial charge in [-0.15, -0.1) is 0 Å². The van der Waals surface area contributed by atoms with Gasteiger partial charge in [-0.3, -0.25) is 4.98 Å². The molecule has 0 amide bonds. The molecule has 0 aliphatic carbocycles. The molecule has 0 bridgehead atoms. The van der Waals surface area contributed by atoms with E-state index >= 15 is 0 Å². The Morgan fingerprint density at radius 1 is 1.35 bits per heavy atom. The average Bonchev–Trinajstić information content (AvgIpc) is 2.47. The number of rotatable bonds is 3. The number of halogens is 2. The Balaban J connectivity index is 2.09. The summed E-state index contributed by atoms with van der Waals surface area (Å²) in [5, 5.41) is 0.0757. The van der Waals surface area contributed by atoms with Crippen LogP contribution in [0, 0.1) is 17.7 Å². The largest absolute Gasteiger partial charge is 0.487 e. The van der Waals surface area contributed by atoms with Crippen LogP contribution in [0.2, 0.25) is 5.02 Å². The van der Waals surface area contributed by atoms with Crippen molar-refractivity contribution in [2.75, 3.05) is 6.54 Å². The zero-order valence-corrected chi connectivity index (χ0v) is 11.3. The zero-order valence-electron chi connectivity index (χ0n) is 10.6. The fraction of sp³-hybridized carbons (Fsp3) is 0.133. The first-order chi connectivity index (χ1) is 9.70. The molecule has 5 heteroatoms. The van der Waals surface area contributed by atoms with Crippen LogP contribution in [0.1, 0.15) is 11.1 Å². The number of nitrogens with zero attached hydrogens (tertiary/aromatic N) is 1. The van der Waals surface area contributed by atoms with Gasteiger partial charge in [-0.1, -0.05) is 35.6 Å². The van der Waals surface area contributed by atoms with Crippen LogP contribution in [-0.4, -0.2) is 11.5 Å². The van der Waals surface area contributed by atoms with Crippen molar-refractivity contribution in [1.82, 2.24) is 4.98 Å². The van der Waals surface area contributed by atoms with Gasteiger partial charge in [-0.25, -0.2) is 4.39 Å². The normalized spacial score (nSPS) is 9.75. The minimum Gasteiger partial charge on any atom is -0.487 e. The van der Waals surface area contributed by atoms with Crippen molar-refractivity contribution in [3.8, 4) is 17.6 Å². The molecule has 0 aliphatic rings. The molecule has 2 aromatic rings. The minimum absolute atomic E-state index is 0.0713. The molecule has 20 heavy (non-hydrogen) atoms. The van der Waals surface area contributed by atoms with Crippen molar-refractivity contribution in [3.63, 3.8) is 0 Å². The van der Waals surface area contributed by atoms with Crippen LogP contribution in [0.5, 0.6) is 5.75 Å². The summed E-state index contributed by atoms with van der Waals surface area (Å²) in [4.78, 5) is 4.00. The predicted molar refractivity (Wildman–Crippen MR) is 75.9 cm³/mol. The third kappa shape index (κ3) is 3.70. The fourth-order valence-corrected chi connectivity index (χ4v) is 1.73. The van der Waals surface area contributed by atoms with Gasteiger partial charge in [0.15, 0.2) is 0 Å². The van der Waals surface area contributed by atoms with Crippen molar-refractivity contribution >= 4 is 11.6 Å². The minimum atomic E-state index is -0.471. The van der Waals surface area contributed by atoms with E-state index in [4.69, 9.17) is 22.1 Å². The molecule has 0 spiro atoms. The predicted octanol–water partition coefficient (Wildman–Crippen LogP) is 2.76. The van der Waals surface area contributed by atoms with Gasteiger partial charge in [0.05, 0.1) is 17.8 Å². The second-order valence-electron chi connectivity index (χ2n) is 3.92. The molecule has 0 aliphatic heterocycles. The van der Waals surface area contributed by atoms with Crippen LogP contribution >= 0.6 is 11.6 Å². The van der Waals surface area contributed by atoms with Crippen LogP contribution in [0.3, 0.4) is 0 Å². The first kappa shape index (κ1) is 14.3. The highest BCUT2D eigenvalue weighted by Gasteiger charge is 2.07. The molecule has 1 aromatic heterocycles. The van der Waals surface area contributed by atoms with E-state index in [1.165, 1.54) is 12.3 Å². The summed E-state index contributed by atoms with van der Waals surface area (Å²) in [7, 11) is 0. The lowest BCUT2D eigenvalue weighted by atomic mass is 10.2. The number of nitrogens with two attached hydrogens (primary N) is 1. The number of pyridine rings is 1. The summed E-state index contributed by atoms with van der Waals surface area (Å²) in [6.07, 6.45) is 3.14. The maximum atomic E-state index is 13.7. The topological polar surface area (TPSA) is 48.1 Å². The van der Waals surface area contributed by atoms with Crippen molar-refractivity contribution in [2.45, 2.75) is 6.61 Å². The number of hydrogen-bond donors (Lipinski definition) is 1. The number of ether oxygens (including phenoxy) is 1. The van der Waals surface area contributed by atoms with Gasteiger partial charge < -0.3 is 10.5 Å². The van der Waals surface area contributed by atoms with Gasteiger partial charge in [0.2, 0.25) is 0 Å². The van der Waals surface area contributed by atoms with E-state index in [2.05, 4.69) is 16.8 Å². The van der Waals surface area contributed by atoms with Gasteiger partial charge in [0.1, 0.15) is 18.2 Å². The first-order valence-electron chi connectivity index (χ1n) is 5.90. The lowest BCUT2D eigenvalue weighted by Crippen LogP contribution is -1.99. The summed E-state index contributed by atoms with van der Waals surface area (Å²) in [5.41, 5.74) is 6.38. The van der Waals surface area contributed by atoms with E-state index in [0.717, 1.165) is 0 Å². The Labute approximate surface area is 121 Å². The SMILES string of the molecule is NCC#Cc1cncc(OCc2cccc(Cl)c2F)c1. The maximum absolute atomic E-state index is 13.7. The van der Waals surface area contributed by atoms with Crippen molar-refractivity contribution in [2.24, 2.45) is 5.73 Å². The highest BCUT2D eigenvalue weighted by atomic mass is 35.5. The van der Waals surface area contributed by atoms with Gasteiger partial charge in [0, 0.05) is 17.3 Å². The smallest absolute Gasteiger partial charge is 0.148 e. The molecule has 1 aromatic carbocycles. The van der Waals surface area contributed by atoms with Crippen LogP contribution < -0.4 is 10.5 Å². The van der Waals surface area contributed by atoms with Crippen molar-refractivity contribution < 1.29 is 9.13 Å². The van der Waals surface area contributed by atoms with Crippen LogP contribution in [0.25, 0.3) is 0 Å². The standard InChI is InChI=1S/C15H12ClFN2O/c16-14-5-1-4-12(15(14)17)10-20-13-7-11(3-2-6-18)8-19-9-13/h1,4-5,7-9H,6,10,18H2. The molecule has 0 fully saturated rings. The van der Waals surface area contributed by atoms with Gasteiger partial charge in [0.25, 0.3) is 0 Å². The van der Waals surface area contributed by atoms with E-state index in [0.29, 0.717) is 16.9 Å². The van der Waals surface area contributed by atoms with E-state index in [-0.39, 0.29) is 18.2 Å². The lowest BCUT2D eigenvalue weighted by Gasteiger charge is -2.07. The van der Waals surface area contributed by atoms with Crippen LogP contribution in [0.15, 0.2) is 36.7 Å². The van der Waals surface area contributed by atoms with Crippen molar-refractivity contribution in [3.05, 3.63) is 58.6 Å². The lowest BCUT2D eigenvalue weighted by molar-refractivity contribution is 0.298. The highest BCUT2D eigenvalue weighted by molar-refractivity contribution is 6.30. The molecule has 0 unspecified atom stereocenters. The van der Waals surface area contributed by atoms with Gasteiger partial charge in [-0.05, 0) is 12.1 Å². The average molecular weight is 291 g/mol. The Hall–Kier alpha value is -2.09. The summed E-state index contributed by atoms with van der Waals surface area (Å²) >= 11 is 5.71. The van der Waals surface area contributed by atoms with E-state index in [1.807, 2.05) is 0 Å². The third-order valence-electron chi connectivity index (χ3n) is 2.47. The van der Waals surface area contributed by atoms with Crippen LogP contribution in [-0.2, 0) is 6.61 Å². The molecular formula is C15H12ClFN2O. The molecule has 2 N–H and O–H groups in total.